The second kappa shape index (κ2) is 9.84. The van der Waals surface area contributed by atoms with E-state index in [1.165, 1.54) is 6.33 Å². The molecule has 0 atom stereocenters. The van der Waals surface area contributed by atoms with E-state index < -0.39 is 0 Å². The molecule has 4 heterocycles. The molecule has 2 aromatic heterocycles. The topological polar surface area (TPSA) is 106 Å². The van der Waals surface area contributed by atoms with E-state index in [1.807, 2.05) is 53.6 Å². The number of nitrogens with zero attached hydrogens (tertiary/aromatic N) is 6. The molecule has 190 valence electrons. The highest BCUT2D eigenvalue weighted by Crippen LogP contribution is 2.33. The number of carbonyl (C=O) groups is 1. The van der Waals surface area contributed by atoms with Crippen LogP contribution in [0, 0.1) is 0 Å². The van der Waals surface area contributed by atoms with Crippen LogP contribution >= 0.6 is 0 Å². The Balaban J connectivity index is 1.11. The lowest BCUT2D eigenvalue weighted by atomic mass is 10.1. The van der Waals surface area contributed by atoms with Crippen LogP contribution in [0.15, 0.2) is 55.0 Å². The third-order valence-electron chi connectivity index (χ3n) is 6.67. The van der Waals surface area contributed by atoms with Crippen molar-refractivity contribution < 1.29 is 19.0 Å². The third kappa shape index (κ3) is 4.55. The van der Waals surface area contributed by atoms with Crippen LogP contribution < -0.4 is 24.4 Å². The molecule has 1 N–H and O–H groups in total. The number of piperazine rings is 1. The van der Waals surface area contributed by atoms with Gasteiger partial charge in [0.15, 0.2) is 11.5 Å². The molecule has 0 radical (unpaired) electrons. The highest BCUT2D eigenvalue weighted by molar-refractivity contribution is 5.78. The predicted octanol–water partition coefficient (Wildman–Crippen LogP) is 2.60. The highest BCUT2D eigenvalue weighted by Gasteiger charge is 2.25. The van der Waals surface area contributed by atoms with E-state index in [2.05, 4.69) is 25.3 Å². The molecule has 0 spiro atoms. The van der Waals surface area contributed by atoms with Crippen molar-refractivity contribution in [2.75, 3.05) is 51.5 Å². The number of rotatable bonds is 6. The van der Waals surface area contributed by atoms with Gasteiger partial charge >= 0.3 is 6.03 Å². The minimum absolute atomic E-state index is 0.0589. The van der Waals surface area contributed by atoms with Gasteiger partial charge in [-0.25, -0.2) is 9.78 Å². The fourth-order valence-electron chi connectivity index (χ4n) is 4.69. The molecule has 1 fully saturated rings. The van der Waals surface area contributed by atoms with Crippen LogP contribution in [-0.2, 0) is 6.42 Å². The number of nitrogens with one attached hydrogen (secondary N) is 1. The van der Waals surface area contributed by atoms with Crippen molar-refractivity contribution in [1.29, 1.82) is 0 Å². The summed E-state index contributed by atoms with van der Waals surface area (Å²) in [5, 5.41) is 7.47. The summed E-state index contributed by atoms with van der Waals surface area (Å²) in [7, 11) is 1.65. The molecule has 0 bridgehead atoms. The predicted molar refractivity (Wildman–Crippen MR) is 136 cm³/mol. The first kappa shape index (κ1) is 22.9. The summed E-state index contributed by atoms with van der Waals surface area (Å²) in [6.07, 6.45) is 4.05. The molecular weight excluding hydrogens is 474 g/mol. The van der Waals surface area contributed by atoms with E-state index in [0.717, 1.165) is 46.2 Å². The standard InChI is InChI=1S/C26H27N7O4/c1-35-20-5-3-19(4-6-20)21-15-28-25-29-16-30-33(25)24(21)31-10-12-32(13-11-31)26(34)27-9-8-18-2-7-22-23(14-18)37-17-36-22/h2-7,14-16H,8-13,17H2,1H3,(H,27,34). The Bertz CT molecular complexity index is 1410. The molecule has 6 rings (SSSR count). The Morgan fingerprint density at radius 2 is 1.84 bits per heavy atom. The summed E-state index contributed by atoms with van der Waals surface area (Å²) in [6.45, 7) is 3.32. The maximum Gasteiger partial charge on any atom is 0.317 e. The van der Waals surface area contributed by atoms with Gasteiger partial charge in [0.1, 0.15) is 17.9 Å². The van der Waals surface area contributed by atoms with Crippen LogP contribution in [0.5, 0.6) is 17.2 Å². The van der Waals surface area contributed by atoms with E-state index in [-0.39, 0.29) is 12.8 Å². The summed E-state index contributed by atoms with van der Waals surface area (Å²) in [5.41, 5.74) is 3.04. The third-order valence-corrected chi connectivity index (χ3v) is 6.67. The Labute approximate surface area is 213 Å². The van der Waals surface area contributed by atoms with E-state index in [0.29, 0.717) is 38.5 Å². The van der Waals surface area contributed by atoms with Gasteiger partial charge in [0, 0.05) is 44.5 Å². The van der Waals surface area contributed by atoms with Crippen molar-refractivity contribution in [3.8, 4) is 28.4 Å². The van der Waals surface area contributed by atoms with Crippen molar-refractivity contribution >= 4 is 17.6 Å². The van der Waals surface area contributed by atoms with Crippen LogP contribution in [0.3, 0.4) is 0 Å². The quantitative estimate of drug-likeness (QED) is 0.430. The first-order valence-corrected chi connectivity index (χ1v) is 12.2. The molecule has 2 aliphatic rings. The van der Waals surface area contributed by atoms with Crippen LogP contribution in [-0.4, -0.2) is 77.1 Å². The Morgan fingerprint density at radius 1 is 1.03 bits per heavy atom. The maximum absolute atomic E-state index is 12.8. The number of amides is 2. The van der Waals surface area contributed by atoms with Gasteiger partial charge in [0.2, 0.25) is 6.79 Å². The molecule has 2 aliphatic heterocycles. The van der Waals surface area contributed by atoms with Crippen LogP contribution in [0.1, 0.15) is 5.56 Å². The summed E-state index contributed by atoms with van der Waals surface area (Å²) in [5.74, 6) is 3.76. The van der Waals surface area contributed by atoms with Crippen molar-refractivity contribution in [1.82, 2.24) is 29.8 Å². The maximum atomic E-state index is 12.8. The zero-order valence-electron chi connectivity index (χ0n) is 20.5. The number of hydrogen-bond acceptors (Lipinski definition) is 8. The monoisotopic (exact) mass is 501 g/mol. The number of hydrogen-bond donors (Lipinski definition) is 1. The molecule has 11 nitrogen and oxygen atoms in total. The van der Waals surface area contributed by atoms with Crippen molar-refractivity contribution in [2.45, 2.75) is 6.42 Å². The molecule has 11 heteroatoms. The lowest BCUT2D eigenvalue weighted by molar-refractivity contribution is 0.174. The van der Waals surface area contributed by atoms with E-state index in [9.17, 15) is 4.79 Å². The van der Waals surface area contributed by atoms with E-state index in [4.69, 9.17) is 14.2 Å². The molecule has 2 amide bonds. The van der Waals surface area contributed by atoms with Gasteiger partial charge in [-0.2, -0.15) is 14.6 Å². The zero-order valence-corrected chi connectivity index (χ0v) is 20.5. The van der Waals surface area contributed by atoms with Crippen LogP contribution in [0.2, 0.25) is 0 Å². The number of benzene rings is 2. The zero-order chi connectivity index (χ0) is 25.2. The average molecular weight is 502 g/mol. The SMILES string of the molecule is COc1ccc(-c2cnc3ncnn3c2N2CCN(C(=O)NCCc3ccc4c(c3)OCO4)CC2)cc1. The Morgan fingerprint density at radius 3 is 2.65 bits per heavy atom. The summed E-state index contributed by atoms with van der Waals surface area (Å²) < 4.78 is 17.9. The highest BCUT2D eigenvalue weighted by atomic mass is 16.7. The molecule has 0 unspecified atom stereocenters. The molecule has 37 heavy (non-hydrogen) atoms. The summed E-state index contributed by atoms with van der Waals surface area (Å²) >= 11 is 0. The molecule has 4 aromatic rings. The van der Waals surface area contributed by atoms with Gasteiger partial charge in [-0.05, 0) is 41.8 Å². The van der Waals surface area contributed by atoms with Crippen LogP contribution in [0.25, 0.3) is 16.9 Å². The Hall–Kier alpha value is -4.54. The van der Waals surface area contributed by atoms with E-state index in [1.54, 1.807) is 11.6 Å². The molecular formula is C26H27N7O4. The normalized spacial score (nSPS) is 14.7. The second-order valence-corrected chi connectivity index (χ2v) is 8.84. The smallest absolute Gasteiger partial charge is 0.317 e. The summed E-state index contributed by atoms with van der Waals surface area (Å²) in [4.78, 5) is 25.7. The molecule has 0 saturated carbocycles. The summed E-state index contributed by atoms with van der Waals surface area (Å²) in [6, 6.07) is 13.7. The number of aromatic nitrogens is 4. The van der Waals surface area contributed by atoms with Gasteiger partial charge in [-0.3, -0.25) is 0 Å². The fourth-order valence-corrected chi connectivity index (χ4v) is 4.69. The van der Waals surface area contributed by atoms with Crippen molar-refractivity contribution in [3.63, 3.8) is 0 Å². The lowest BCUT2D eigenvalue weighted by Gasteiger charge is -2.36. The average Bonchev–Trinajstić information content (AvgIpc) is 3.62. The number of anilines is 1. The minimum Gasteiger partial charge on any atom is -0.497 e. The number of carbonyl (C=O) groups excluding carboxylic acids is 1. The number of ether oxygens (including phenoxy) is 3. The number of fused-ring (bicyclic) bond motifs is 2. The van der Waals surface area contributed by atoms with Crippen LogP contribution in [0.4, 0.5) is 10.6 Å². The van der Waals surface area contributed by atoms with Gasteiger partial charge < -0.3 is 29.3 Å². The minimum atomic E-state index is -0.0589. The van der Waals surface area contributed by atoms with Gasteiger partial charge in [0.25, 0.3) is 5.78 Å². The first-order chi connectivity index (χ1) is 18.2. The molecule has 0 aliphatic carbocycles. The van der Waals surface area contributed by atoms with Gasteiger partial charge in [-0.1, -0.05) is 18.2 Å². The van der Waals surface area contributed by atoms with Crippen molar-refractivity contribution in [2.24, 2.45) is 0 Å². The molecule has 1 saturated heterocycles. The fraction of sp³-hybridized carbons (Fsp3) is 0.308. The second-order valence-electron chi connectivity index (χ2n) is 8.84. The number of urea groups is 1. The van der Waals surface area contributed by atoms with Crippen molar-refractivity contribution in [3.05, 3.63) is 60.6 Å². The Kier molecular flexibility index (Phi) is 6.09. The van der Waals surface area contributed by atoms with Gasteiger partial charge in [-0.15, -0.1) is 0 Å². The number of methoxy groups -OCH3 is 1. The largest absolute Gasteiger partial charge is 0.497 e. The van der Waals surface area contributed by atoms with E-state index >= 15 is 0 Å². The lowest BCUT2D eigenvalue weighted by Crippen LogP contribution is -2.52. The first-order valence-electron chi connectivity index (χ1n) is 12.2. The van der Waals surface area contributed by atoms with Gasteiger partial charge in [0.05, 0.1) is 7.11 Å². The molecule has 2 aromatic carbocycles.